The fourth-order valence-electron chi connectivity index (χ4n) is 4.26. The highest BCUT2D eigenvalue weighted by atomic mass is 35.5. The summed E-state index contributed by atoms with van der Waals surface area (Å²) in [5.74, 6) is -1.62. The Labute approximate surface area is 320 Å². The number of benzene rings is 2. The van der Waals surface area contributed by atoms with Crippen molar-refractivity contribution in [1.82, 2.24) is 39.7 Å². The molecule has 2 aromatic carbocycles. The number of fused-ring (bicyclic) bond motifs is 2. The zero-order chi connectivity index (χ0) is 36.0. The van der Waals surface area contributed by atoms with Crippen LogP contribution in [0.4, 0.5) is 0 Å². The van der Waals surface area contributed by atoms with Gasteiger partial charge in [0.1, 0.15) is 11.4 Å². The fourth-order valence-corrected chi connectivity index (χ4v) is 5.59. The van der Waals surface area contributed by atoms with Crippen LogP contribution in [0.3, 0.4) is 0 Å². The first-order valence-electron chi connectivity index (χ1n) is 13.5. The Hall–Kier alpha value is -3.47. The maximum absolute atomic E-state index is 12.6. The number of nitrogens with zero attached hydrogens (tertiary/aromatic N) is 7. The molecule has 0 unspecified atom stereocenters. The molecule has 0 aliphatic heterocycles. The van der Waals surface area contributed by atoms with Crippen molar-refractivity contribution in [2.45, 2.75) is 0 Å². The summed E-state index contributed by atoms with van der Waals surface area (Å²) in [7, 11) is 6.15. The van der Waals surface area contributed by atoms with Crippen LogP contribution in [0.25, 0.3) is 33.8 Å². The van der Waals surface area contributed by atoms with Crippen molar-refractivity contribution in [2.24, 2.45) is 0 Å². The molecular formula is C30H25Cl7N8O5. The van der Waals surface area contributed by atoms with Crippen molar-refractivity contribution in [1.29, 1.82) is 0 Å². The molecule has 6 aromatic rings. The summed E-state index contributed by atoms with van der Waals surface area (Å²) < 4.78 is 2.89. The number of nitrogens with one attached hydrogen (secondary N) is 1. The van der Waals surface area contributed by atoms with Gasteiger partial charge in [0.05, 0.1) is 36.7 Å². The molecule has 0 spiro atoms. The standard InChI is InChI=1S/C15H11Cl3N4O2.C13H6Cl3N3O2.C2H7NO.ClH/c1-21(24-2)15(23)13-14(8-3-9(16)5-10(17)4-8)22-12(20-13)6-11(18)7-19-22;14-7-1-6(2-8(15)3-7)12-11(13(20)21)18-10-4-9(16)5-17-19(10)12;1-3-4-2;/h3-7H,1-2H3;1-5H,(H,20,21);3H,1-2H3;1H. The maximum Gasteiger partial charge on any atom is 0.356 e. The zero-order valence-corrected chi connectivity index (χ0v) is 31.5. The molecule has 13 nitrogen and oxygen atoms in total. The number of aromatic carboxylic acids is 1. The number of hydrogen-bond acceptors (Lipinski definition) is 9. The lowest BCUT2D eigenvalue weighted by Gasteiger charge is -2.13. The molecule has 4 aromatic heterocycles. The summed E-state index contributed by atoms with van der Waals surface area (Å²) in [6, 6.07) is 12.8. The van der Waals surface area contributed by atoms with Gasteiger partial charge in [-0.3, -0.25) is 9.63 Å². The van der Waals surface area contributed by atoms with Crippen molar-refractivity contribution in [3.63, 3.8) is 0 Å². The summed E-state index contributed by atoms with van der Waals surface area (Å²) >= 11 is 35.9. The molecule has 0 saturated carbocycles. The molecule has 0 fully saturated rings. The van der Waals surface area contributed by atoms with Crippen molar-refractivity contribution in [2.75, 3.05) is 28.3 Å². The molecular weight excluding hydrogens is 801 g/mol. The topological polar surface area (TPSA) is 148 Å². The molecule has 2 N–H and O–H groups in total. The van der Waals surface area contributed by atoms with Gasteiger partial charge in [-0.25, -0.2) is 34.3 Å². The van der Waals surface area contributed by atoms with E-state index in [1.54, 1.807) is 56.6 Å². The molecule has 4 heterocycles. The van der Waals surface area contributed by atoms with Gasteiger partial charge >= 0.3 is 5.97 Å². The van der Waals surface area contributed by atoms with Gasteiger partial charge in [-0.1, -0.05) is 69.6 Å². The lowest BCUT2D eigenvalue weighted by molar-refractivity contribution is -0.0759. The highest BCUT2D eigenvalue weighted by Crippen LogP contribution is 2.32. The van der Waals surface area contributed by atoms with Gasteiger partial charge in [0.15, 0.2) is 22.7 Å². The second-order valence-electron chi connectivity index (χ2n) is 9.52. The minimum Gasteiger partial charge on any atom is -0.476 e. The van der Waals surface area contributed by atoms with Crippen LogP contribution in [-0.2, 0) is 9.68 Å². The maximum atomic E-state index is 12.6. The first-order chi connectivity index (χ1) is 23.3. The number of halogens is 7. The third-order valence-electron chi connectivity index (χ3n) is 6.33. The quantitative estimate of drug-likeness (QED) is 0.157. The molecule has 0 radical (unpaired) electrons. The van der Waals surface area contributed by atoms with Gasteiger partial charge in [-0.2, -0.15) is 10.2 Å². The van der Waals surface area contributed by atoms with Crippen LogP contribution < -0.4 is 5.48 Å². The predicted molar refractivity (Wildman–Crippen MR) is 196 cm³/mol. The smallest absolute Gasteiger partial charge is 0.356 e. The average molecular weight is 826 g/mol. The molecule has 0 aliphatic carbocycles. The summed E-state index contributed by atoms with van der Waals surface area (Å²) in [5, 5.41) is 21.1. The van der Waals surface area contributed by atoms with E-state index in [2.05, 4.69) is 30.5 Å². The fraction of sp³-hybridized carbons (Fsp3) is 0.133. The monoisotopic (exact) mass is 822 g/mol. The molecule has 0 saturated heterocycles. The van der Waals surface area contributed by atoms with Crippen LogP contribution in [-0.4, -0.2) is 79.6 Å². The lowest BCUT2D eigenvalue weighted by Crippen LogP contribution is -2.26. The highest BCUT2D eigenvalue weighted by Gasteiger charge is 2.25. The van der Waals surface area contributed by atoms with E-state index in [1.807, 2.05) is 0 Å². The van der Waals surface area contributed by atoms with Crippen LogP contribution in [0, 0.1) is 0 Å². The van der Waals surface area contributed by atoms with Crippen molar-refractivity contribution in [3.8, 4) is 22.5 Å². The molecule has 6 rings (SSSR count). The van der Waals surface area contributed by atoms with E-state index in [4.69, 9.17) is 74.4 Å². The number of carbonyl (C=O) groups excluding carboxylic acids is 1. The lowest BCUT2D eigenvalue weighted by atomic mass is 10.1. The number of carboxylic acid groups (broad SMARTS) is 1. The summed E-state index contributed by atoms with van der Waals surface area (Å²) in [5.41, 5.74) is 5.01. The molecule has 20 heteroatoms. The summed E-state index contributed by atoms with van der Waals surface area (Å²) in [4.78, 5) is 41.6. The number of rotatable bonds is 6. The highest BCUT2D eigenvalue weighted by molar-refractivity contribution is 6.36. The third-order valence-corrected chi connectivity index (χ3v) is 7.61. The molecule has 0 atom stereocenters. The minimum atomic E-state index is -1.18. The number of carboxylic acids is 1. The van der Waals surface area contributed by atoms with Crippen molar-refractivity contribution in [3.05, 3.63) is 102 Å². The van der Waals surface area contributed by atoms with Gasteiger partial charge in [0.25, 0.3) is 5.91 Å². The second kappa shape index (κ2) is 18.1. The zero-order valence-electron chi connectivity index (χ0n) is 26.2. The third kappa shape index (κ3) is 9.65. The normalized spacial score (nSPS) is 10.5. The Morgan fingerprint density at radius 1 is 0.700 bits per heavy atom. The van der Waals surface area contributed by atoms with E-state index in [9.17, 15) is 14.7 Å². The van der Waals surface area contributed by atoms with Crippen LogP contribution in [0.1, 0.15) is 21.0 Å². The van der Waals surface area contributed by atoms with Crippen LogP contribution in [0.2, 0.25) is 30.1 Å². The van der Waals surface area contributed by atoms with E-state index >= 15 is 0 Å². The molecule has 50 heavy (non-hydrogen) atoms. The summed E-state index contributed by atoms with van der Waals surface area (Å²) in [6.07, 6.45) is 2.86. The minimum absolute atomic E-state index is 0. The number of hydrogen-bond donors (Lipinski definition) is 2. The van der Waals surface area contributed by atoms with E-state index < -0.39 is 11.9 Å². The second-order valence-corrected chi connectivity index (χ2v) is 12.1. The Morgan fingerprint density at radius 2 is 1.08 bits per heavy atom. The number of imidazole rings is 2. The van der Waals surface area contributed by atoms with Crippen molar-refractivity contribution < 1.29 is 24.4 Å². The van der Waals surface area contributed by atoms with Gasteiger partial charge in [0.2, 0.25) is 0 Å². The SMILES string of the molecule is CNOC.CON(C)C(=O)c1nc2cc(Cl)cnn2c1-c1cc(Cl)cc(Cl)c1.Cl.O=C(O)c1nc2cc(Cl)cnn2c1-c1cc(Cl)cc(Cl)c1. The molecule has 0 bridgehead atoms. The number of aromatic nitrogens is 6. The predicted octanol–water partition coefficient (Wildman–Crippen LogP) is 8.23. The van der Waals surface area contributed by atoms with Gasteiger partial charge < -0.3 is 9.94 Å². The molecule has 0 aliphatic rings. The van der Waals surface area contributed by atoms with Crippen LogP contribution in [0.5, 0.6) is 0 Å². The first kappa shape index (κ1) is 41.0. The largest absolute Gasteiger partial charge is 0.476 e. The molecule has 1 amide bonds. The Kier molecular flexibility index (Phi) is 14.9. The van der Waals surface area contributed by atoms with Crippen molar-refractivity contribution >= 4 is 105 Å². The van der Waals surface area contributed by atoms with E-state index in [-0.39, 0.29) is 23.8 Å². The van der Waals surface area contributed by atoms with E-state index in [0.717, 1.165) is 5.06 Å². The summed E-state index contributed by atoms with van der Waals surface area (Å²) in [6.45, 7) is 0. The van der Waals surface area contributed by atoms with Crippen LogP contribution >= 0.6 is 82.0 Å². The average Bonchev–Trinajstić information content (AvgIpc) is 3.62. The Balaban J connectivity index is 0.000000242. The van der Waals surface area contributed by atoms with Gasteiger partial charge in [0, 0.05) is 57.4 Å². The van der Waals surface area contributed by atoms with E-state index in [0.29, 0.717) is 63.9 Å². The van der Waals surface area contributed by atoms with Gasteiger partial charge in [-0.15, -0.1) is 12.4 Å². The van der Waals surface area contributed by atoms with Gasteiger partial charge in [-0.05, 0) is 36.4 Å². The first-order valence-corrected chi connectivity index (χ1v) is 15.8. The number of hydroxylamine groups is 3. The Bertz CT molecular complexity index is 2120. The Morgan fingerprint density at radius 3 is 1.44 bits per heavy atom. The molecule has 264 valence electrons. The van der Waals surface area contributed by atoms with Crippen LogP contribution in [0.15, 0.2) is 60.9 Å². The van der Waals surface area contributed by atoms with E-state index in [1.165, 1.54) is 41.6 Å². The number of amides is 1. The number of carbonyl (C=O) groups is 2.